The average molecular weight is 825 g/mol. The number of fused-ring (bicyclic) bond motifs is 1. The molecule has 6 rings (SSSR count). The summed E-state index contributed by atoms with van der Waals surface area (Å²) in [6.45, 7) is -1.75. The highest BCUT2D eigenvalue weighted by Gasteiger charge is 2.55. The van der Waals surface area contributed by atoms with E-state index >= 15 is 0 Å². The summed E-state index contributed by atoms with van der Waals surface area (Å²) in [5, 5.41) is 137. The van der Waals surface area contributed by atoms with Gasteiger partial charge in [-0.05, 0) is 24.6 Å². The predicted octanol–water partition coefficient (Wildman–Crippen LogP) is -7.25. The number of benzene rings is 1. The molecule has 1 aromatic carbocycles. The van der Waals surface area contributed by atoms with E-state index in [2.05, 4.69) is 0 Å². The molecule has 4 saturated heterocycles. The predicted molar refractivity (Wildman–Crippen MR) is 180 cm³/mol. The molecule has 23 heteroatoms. The SMILES string of the molecule is Cc1cc(=O)oc2cc(O[C@@H]3O[C@H](CO)[C@@H](O)[C@H](O[C@@H]4O[C@H](CO)[C@@H](O[C@@H]5O[C@H](CO)[C@@H](O[C@@H]6O[C@H](CO)[C@@H](O)[C@H](O)[C@H]6O)[C@H](O)[C@H]5O)[C@H](O)[C@H]4O)[C@H]3O)ccc12. The largest absolute Gasteiger partial charge is 0.462 e. The Labute approximate surface area is 321 Å². The van der Waals surface area contributed by atoms with E-state index in [-0.39, 0.29) is 11.3 Å². The van der Waals surface area contributed by atoms with Crippen LogP contribution in [0, 0.1) is 6.92 Å². The Kier molecular flexibility index (Phi) is 14.2. The Hall–Kier alpha value is -2.57. The maximum Gasteiger partial charge on any atom is 0.336 e. The van der Waals surface area contributed by atoms with E-state index < -0.39 is 155 Å². The van der Waals surface area contributed by atoms with E-state index in [0.29, 0.717) is 10.9 Å². The second-order valence-corrected chi connectivity index (χ2v) is 14.1. The summed E-state index contributed by atoms with van der Waals surface area (Å²) >= 11 is 0. The van der Waals surface area contributed by atoms with Crippen molar-refractivity contribution in [3.63, 3.8) is 0 Å². The minimum atomic E-state index is -2.07. The van der Waals surface area contributed by atoms with Crippen molar-refractivity contribution in [3.8, 4) is 5.75 Å². The van der Waals surface area contributed by atoms with Gasteiger partial charge in [-0.2, -0.15) is 0 Å². The molecule has 13 N–H and O–H groups in total. The lowest BCUT2D eigenvalue weighted by molar-refractivity contribution is -0.387. The van der Waals surface area contributed by atoms with Gasteiger partial charge in [-0.3, -0.25) is 0 Å². The van der Waals surface area contributed by atoms with Gasteiger partial charge in [0.15, 0.2) is 18.9 Å². The number of aliphatic hydroxyl groups excluding tert-OH is 13. The molecular weight excluding hydrogens is 776 g/mol. The molecule has 4 aliphatic heterocycles. The zero-order valence-electron chi connectivity index (χ0n) is 30.1. The number of aryl methyl sites for hydroxylation is 1. The van der Waals surface area contributed by atoms with Gasteiger partial charge in [0.25, 0.3) is 0 Å². The first-order valence-corrected chi connectivity index (χ1v) is 18.0. The number of ether oxygens (including phenoxy) is 8. The third-order valence-electron chi connectivity index (χ3n) is 10.4. The van der Waals surface area contributed by atoms with Gasteiger partial charge in [-0.25, -0.2) is 4.79 Å². The Bertz CT molecular complexity index is 1670. The van der Waals surface area contributed by atoms with E-state index in [1.54, 1.807) is 13.0 Å². The van der Waals surface area contributed by atoms with Crippen LogP contribution < -0.4 is 10.4 Å². The standard InChI is InChI=1S/C34H48O23/c1-10-4-18(39)50-13-5-11(2-3-12(10)13)49-34-27(48)30(20(41)15(7-36)52-34)57-33-26(47)23(44)29(17(9-38)54-33)56-32-25(46)22(43)28(16(8-37)53-32)55-31-24(45)21(42)19(40)14(6-35)51-31/h2-5,14-17,19-38,40-48H,6-9H2,1H3/t14-,15-,16-,17-,19-,20-,21+,22-,23-,24-,25-,26-,27-,28-,29-,30+,31+,32+,33+,34-/m1/s1. The van der Waals surface area contributed by atoms with Crippen LogP contribution in [0.5, 0.6) is 5.75 Å². The van der Waals surface area contributed by atoms with Crippen LogP contribution in [-0.2, 0) is 33.2 Å². The van der Waals surface area contributed by atoms with Gasteiger partial charge in [-0.15, -0.1) is 0 Å². The lowest BCUT2D eigenvalue weighted by Gasteiger charge is -2.49. The summed E-state index contributed by atoms with van der Waals surface area (Å²) in [5.41, 5.74) is 0.166. The average Bonchev–Trinajstić information content (AvgIpc) is 3.19. The van der Waals surface area contributed by atoms with Crippen molar-refractivity contribution >= 4 is 11.0 Å². The van der Waals surface area contributed by atoms with Crippen molar-refractivity contribution in [1.82, 2.24) is 0 Å². The van der Waals surface area contributed by atoms with Crippen LogP contribution in [-0.4, -0.2) is 216 Å². The summed E-state index contributed by atoms with van der Waals surface area (Å²) in [7, 11) is 0. The molecule has 0 saturated carbocycles. The molecule has 5 heterocycles. The van der Waals surface area contributed by atoms with Crippen LogP contribution >= 0.6 is 0 Å². The minimum Gasteiger partial charge on any atom is -0.462 e. The van der Waals surface area contributed by atoms with Crippen LogP contribution in [0.2, 0.25) is 0 Å². The molecule has 23 nitrogen and oxygen atoms in total. The first-order chi connectivity index (χ1) is 27.1. The first-order valence-electron chi connectivity index (χ1n) is 18.0. The molecule has 4 aliphatic rings. The molecule has 0 amide bonds. The molecular formula is C34H48O23. The zero-order chi connectivity index (χ0) is 41.5. The van der Waals surface area contributed by atoms with Crippen LogP contribution in [0.3, 0.4) is 0 Å². The van der Waals surface area contributed by atoms with Gasteiger partial charge < -0.3 is 109 Å². The zero-order valence-corrected chi connectivity index (χ0v) is 30.1. The second-order valence-electron chi connectivity index (χ2n) is 14.1. The number of rotatable bonds is 12. The maximum absolute atomic E-state index is 11.9. The highest BCUT2D eigenvalue weighted by molar-refractivity contribution is 5.81. The second kappa shape index (κ2) is 18.4. The fourth-order valence-electron chi connectivity index (χ4n) is 7.13. The molecule has 0 bridgehead atoms. The van der Waals surface area contributed by atoms with Crippen LogP contribution in [0.4, 0.5) is 0 Å². The fraction of sp³-hybridized carbons (Fsp3) is 0.735. The van der Waals surface area contributed by atoms with Crippen molar-refractivity contribution in [2.24, 2.45) is 0 Å². The Balaban J connectivity index is 1.12. The monoisotopic (exact) mass is 824 g/mol. The third kappa shape index (κ3) is 8.84. The number of aliphatic hydroxyl groups is 13. The normalized spacial score (nSPS) is 44.2. The summed E-state index contributed by atoms with van der Waals surface area (Å²) < 4.78 is 50.0. The summed E-state index contributed by atoms with van der Waals surface area (Å²) in [5.74, 6) is 0.0456. The van der Waals surface area contributed by atoms with Crippen molar-refractivity contribution in [1.29, 1.82) is 0 Å². The van der Waals surface area contributed by atoms with Crippen molar-refractivity contribution in [2.75, 3.05) is 26.4 Å². The quantitative estimate of drug-likeness (QED) is 0.0884. The Morgan fingerprint density at radius 3 is 1.49 bits per heavy atom. The number of hydrogen-bond acceptors (Lipinski definition) is 23. The maximum atomic E-state index is 11.9. The first kappa shape index (κ1) is 44.0. The van der Waals surface area contributed by atoms with Crippen LogP contribution in [0.15, 0.2) is 33.5 Å². The molecule has 4 fully saturated rings. The van der Waals surface area contributed by atoms with Gasteiger partial charge >= 0.3 is 5.63 Å². The van der Waals surface area contributed by atoms with Crippen LogP contribution in [0.25, 0.3) is 11.0 Å². The van der Waals surface area contributed by atoms with Crippen LogP contribution in [0.1, 0.15) is 5.56 Å². The highest BCUT2D eigenvalue weighted by Crippen LogP contribution is 2.35. The summed E-state index contributed by atoms with van der Waals surface area (Å²) in [6.07, 6.45) is -35.7. The molecule has 20 atom stereocenters. The Morgan fingerprint density at radius 1 is 0.509 bits per heavy atom. The van der Waals surface area contributed by atoms with Gasteiger partial charge in [0.2, 0.25) is 6.29 Å². The molecule has 322 valence electrons. The van der Waals surface area contributed by atoms with E-state index in [1.807, 2.05) is 0 Å². The number of hydrogen-bond donors (Lipinski definition) is 13. The topological polar surface area (TPSA) is 367 Å². The van der Waals surface area contributed by atoms with E-state index in [9.17, 15) is 71.2 Å². The molecule has 57 heavy (non-hydrogen) atoms. The lowest BCUT2D eigenvalue weighted by atomic mass is 9.95. The highest BCUT2D eigenvalue weighted by atomic mass is 16.8. The molecule has 1 aromatic heterocycles. The van der Waals surface area contributed by atoms with Gasteiger partial charge in [0, 0.05) is 17.5 Å². The smallest absolute Gasteiger partial charge is 0.336 e. The van der Waals surface area contributed by atoms with Crippen molar-refractivity contribution < 1.29 is 109 Å². The van der Waals surface area contributed by atoms with Gasteiger partial charge in [0.05, 0.1) is 26.4 Å². The molecule has 0 unspecified atom stereocenters. The van der Waals surface area contributed by atoms with E-state index in [4.69, 9.17) is 42.3 Å². The van der Waals surface area contributed by atoms with Gasteiger partial charge in [-0.1, -0.05) is 0 Å². The van der Waals surface area contributed by atoms with E-state index in [1.165, 1.54) is 18.2 Å². The Morgan fingerprint density at radius 2 is 0.965 bits per heavy atom. The lowest BCUT2D eigenvalue weighted by Crippen LogP contribution is -2.67. The third-order valence-corrected chi connectivity index (χ3v) is 10.4. The van der Waals surface area contributed by atoms with Crippen molar-refractivity contribution in [2.45, 2.75) is 130 Å². The molecule has 0 aliphatic carbocycles. The van der Waals surface area contributed by atoms with Crippen molar-refractivity contribution in [3.05, 3.63) is 40.2 Å². The molecule has 0 spiro atoms. The van der Waals surface area contributed by atoms with Gasteiger partial charge in [0.1, 0.15) is 109 Å². The van der Waals surface area contributed by atoms with E-state index in [0.717, 1.165) is 0 Å². The molecule has 2 aromatic rings. The minimum absolute atomic E-state index is 0.0456. The summed E-state index contributed by atoms with van der Waals surface area (Å²) in [6, 6.07) is 5.73. The fourth-order valence-corrected chi connectivity index (χ4v) is 7.13. The summed E-state index contributed by atoms with van der Waals surface area (Å²) in [4.78, 5) is 11.9. The molecule has 0 radical (unpaired) electrons.